The van der Waals surface area contributed by atoms with Gasteiger partial charge in [-0.1, -0.05) is 6.07 Å². The third kappa shape index (κ3) is 3.92. The van der Waals surface area contributed by atoms with Crippen LogP contribution in [0.1, 0.15) is 13.3 Å². The number of alkyl halides is 3. The molecule has 6 nitrogen and oxygen atoms in total. The number of nitro benzene ring substituents is 1. The normalized spacial score (nSPS) is 14.4. The highest BCUT2D eigenvalue weighted by Crippen LogP contribution is 2.32. The quantitative estimate of drug-likeness (QED) is 0.657. The molecule has 0 aromatic heterocycles. The molecule has 9 heteroatoms. The van der Waals surface area contributed by atoms with Gasteiger partial charge in [0.2, 0.25) is 5.91 Å². The van der Waals surface area contributed by atoms with Crippen LogP contribution < -0.4 is 5.32 Å². The van der Waals surface area contributed by atoms with Crippen molar-refractivity contribution < 1.29 is 28.0 Å². The van der Waals surface area contributed by atoms with E-state index >= 15 is 0 Å². The molecule has 0 radical (unpaired) electrons. The number of rotatable bonds is 4. The van der Waals surface area contributed by atoms with Crippen LogP contribution in [0.4, 0.5) is 24.5 Å². The fraction of sp³-hybridized carbons (Fsp3) is 0.364. The Kier molecular flexibility index (Phi) is 4.33. The van der Waals surface area contributed by atoms with E-state index in [2.05, 4.69) is 5.32 Å². The summed E-state index contributed by atoms with van der Waals surface area (Å²) in [7, 11) is 0. The Morgan fingerprint density at radius 3 is 2.55 bits per heavy atom. The predicted molar refractivity (Wildman–Crippen MR) is 63.0 cm³/mol. The zero-order valence-corrected chi connectivity index (χ0v) is 10.3. The molecule has 0 spiro atoms. The molecule has 1 aromatic carbocycles. The summed E-state index contributed by atoms with van der Waals surface area (Å²) in [6, 6.07) is 4.73. The Hall–Kier alpha value is -2.16. The van der Waals surface area contributed by atoms with Crippen molar-refractivity contribution in [3.05, 3.63) is 34.4 Å². The minimum Gasteiger partial charge on any atom is -0.380 e. The third-order valence-electron chi connectivity index (χ3n) is 2.46. The number of halogens is 3. The number of nitrogens with zero attached hydrogens (tertiary/aromatic N) is 1. The highest BCUT2D eigenvalue weighted by molar-refractivity contribution is 5.91. The summed E-state index contributed by atoms with van der Waals surface area (Å²) in [6.07, 6.45) is -6.16. The van der Waals surface area contributed by atoms with Gasteiger partial charge in [-0.2, -0.15) is 13.2 Å². The SMILES string of the molecule is C[C@](O)(CC(=O)Nc1cccc([N+](=O)[O-])c1)C(F)(F)F. The van der Waals surface area contributed by atoms with E-state index in [0.717, 1.165) is 6.07 Å². The molecule has 1 atom stereocenters. The van der Waals surface area contributed by atoms with Gasteiger partial charge in [0.25, 0.3) is 5.69 Å². The Labute approximate surface area is 111 Å². The molecule has 0 aliphatic heterocycles. The number of hydrogen-bond donors (Lipinski definition) is 2. The predicted octanol–water partition coefficient (Wildman–Crippen LogP) is 2.24. The molecule has 0 aliphatic carbocycles. The van der Waals surface area contributed by atoms with Crippen molar-refractivity contribution in [3.8, 4) is 0 Å². The summed E-state index contributed by atoms with van der Waals surface area (Å²) in [5, 5.41) is 21.7. The standard InChI is InChI=1S/C11H11F3N2O4/c1-10(18,11(12,13)14)6-9(17)15-7-3-2-4-8(5-7)16(19)20/h2-5,18H,6H2,1H3,(H,15,17)/t10-/m0/s1. The van der Waals surface area contributed by atoms with Gasteiger partial charge >= 0.3 is 6.18 Å². The summed E-state index contributed by atoms with van der Waals surface area (Å²) in [5.74, 6) is -1.10. The van der Waals surface area contributed by atoms with Crippen molar-refractivity contribution in [2.24, 2.45) is 0 Å². The molecule has 0 aliphatic rings. The van der Waals surface area contributed by atoms with Crippen LogP contribution >= 0.6 is 0 Å². The van der Waals surface area contributed by atoms with E-state index in [9.17, 15) is 28.1 Å². The second kappa shape index (κ2) is 5.45. The lowest BCUT2D eigenvalue weighted by Crippen LogP contribution is -2.44. The van der Waals surface area contributed by atoms with Gasteiger partial charge in [-0.3, -0.25) is 14.9 Å². The molecule has 0 saturated heterocycles. The lowest BCUT2D eigenvalue weighted by molar-refractivity contribution is -0.384. The highest BCUT2D eigenvalue weighted by atomic mass is 19.4. The average Bonchev–Trinajstić information content (AvgIpc) is 2.26. The van der Waals surface area contributed by atoms with E-state index in [1.54, 1.807) is 0 Å². The number of anilines is 1. The van der Waals surface area contributed by atoms with E-state index in [1.165, 1.54) is 18.2 Å². The summed E-state index contributed by atoms with van der Waals surface area (Å²) >= 11 is 0. The van der Waals surface area contributed by atoms with Crippen LogP contribution in [-0.2, 0) is 4.79 Å². The van der Waals surface area contributed by atoms with Crippen LogP contribution in [0.3, 0.4) is 0 Å². The summed E-state index contributed by atoms with van der Waals surface area (Å²) in [5.41, 5.74) is -3.51. The van der Waals surface area contributed by atoms with Gasteiger partial charge in [-0.05, 0) is 13.0 Å². The first-order valence-electron chi connectivity index (χ1n) is 5.36. The van der Waals surface area contributed by atoms with E-state index in [4.69, 9.17) is 5.11 Å². The number of carbonyl (C=O) groups excluding carboxylic acids is 1. The molecule has 2 N–H and O–H groups in total. The van der Waals surface area contributed by atoms with Crippen molar-refractivity contribution in [3.63, 3.8) is 0 Å². The largest absolute Gasteiger partial charge is 0.417 e. The minimum absolute atomic E-state index is 0.0258. The van der Waals surface area contributed by atoms with Gasteiger partial charge in [0.15, 0.2) is 5.60 Å². The molecular weight excluding hydrogens is 281 g/mol. The maximum atomic E-state index is 12.4. The average molecular weight is 292 g/mol. The number of benzene rings is 1. The van der Waals surface area contributed by atoms with Crippen molar-refractivity contribution >= 4 is 17.3 Å². The zero-order chi connectivity index (χ0) is 15.6. The van der Waals surface area contributed by atoms with Crippen LogP contribution in [0.5, 0.6) is 0 Å². The molecule has 110 valence electrons. The summed E-state index contributed by atoms with van der Waals surface area (Å²) in [4.78, 5) is 21.2. The van der Waals surface area contributed by atoms with Crippen molar-refractivity contribution in [2.75, 3.05) is 5.32 Å². The Morgan fingerprint density at radius 2 is 2.05 bits per heavy atom. The minimum atomic E-state index is -4.95. The van der Waals surface area contributed by atoms with Crippen LogP contribution in [0.15, 0.2) is 24.3 Å². The lowest BCUT2D eigenvalue weighted by Gasteiger charge is -2.25. The van der Waals surface area contributed by atoms with Crippen LogP contribution in [0, 0.1) is 10.1 Å². The first kappa shape index (κ1) is 15.9. The first-order valence-corrected chi connectivity index (χ1v) is 5.36. The van der Waals surface area contributed by atoms with E-state index in [-0.39, 0.29) is 11.4 Å². The zero-order valence-electron chi connectivity index (χ0n) is 10.3. The molecule has 1 amide bonds. The second-order valence-electron chi connectivity index (χ2n) is 4.30. The molecule has 20 heavy (non-hydrogen) atoms. The smallest absolute Gasteiger partial charge is 0.380 e. The maximum absolute atomic E-state index is 12.4. The molecular formula is C11H11F3N2O4. The monoisotopic (exact) mass is 292 g/mol. The fourth-order valence-electron chi connectivity index (χ4n) is 1.32. The van der Waals surface area contributed by atoms with Crippen LogP contribution in [0.25, 0.3) is 0 Å². The first-order chi connectivity index (χ1) is 9.03. The highest BCUT2D eigenvalue weighted by Gasteiger charge is 2.50. The van der Waals surface area contributed by atoms with Crippen molar-refractivity contribution in [1.29, 1.82) is 0 Å². The lowest BCUT2D eigenvalue weighted by atomic mass is 10.0. The van der Waals surface area contributed by atoms with Gasteiger partial charge in [-0.25, -0.2) is 0 Å². The van der Waals surface area contributed by atoms with Gasteiger partial charge < -0.3 is 10.4 Å². The van der Waals surface area contributed by atoms with Crippen molar-refractivity contribution in [2.45, 2.75) is 25.1 Å². The molecule has 1 aromatic rings. The third-order valence-corrected chi connectivity index (χ3v) is 2.46. The molecule has 1 rings (SSSR count). The number of aliphatic hydroxyl groups is 1. The molecule has 0 bridgehead atoms. The molecule has 0 saturated carbocycles. The number of nitrogens with one attached hydrogen (secondary N) is 1. The molecule has 0 heterocycles. The molecule has 0 fully saturated rings. The number of amides is 1. The topological polar surface area (TPSA) is 92.5 Å². The number of hydrogen-bond acceptors (Lipinski definition) is 4. The summed E-state index contributed by atoms with van der Waals surface area (Å²) < 4.78 is 37.1. The van der Waals surface area contributed by atoms with Gasteiger partial charge in [0.05, 0.1) is 11.3 Å². The molecule has 0 unspecified atom stereocenters. The maximum Gasteiger partial charge on any atom is 0.417 e. The van der Waals surface area contributed by atoms with E-state index in [0.29, 0.717) is 6.92 Å². The Bertz CT molecular complexity index is 529. The van der Waals surface area contributed by atoms with Gasteiger partial charge in [0, 0.05) is 17.8 Å². The van der Waals surface area contributed by atoms with Gasteiger partial charge in [-0.15, -0.1) is 0 Å². The van der Waals surface area contributed by atoms with E-state index < -0.39 is 29.0 Å². The second-order valence-corrected chi connectivity index (χ2v) is 4.30. The van der Waals surface area contributed by atoms with Crippen LogP contribution in [0.2, 0.25) is 0 Å². The Balaban J connectivity index is 2.77. The Morgan fingerprint density at radius 1 is 1.45 bits per heavy atom. The fourth-order valence-corrected chi connectivity index (χ4v) is 1.32. The van der Waals surface area contributed by atoms with Gasteiger partial charge in [0.1, 0.15) is 0 Å². The van der Waals surface area contributed by atoms with Crippen molar-refractivity contribution in [1.82, 2.24) is 0 Å². The van der Waals surface area contributed by atoms with E-state index in [1.807, 2.05) is 0 Å². The summed E-state index contributed by atoms with van der Waals surface area (Å²) in [6.45, 7) is 0.472. The number of carbonyl (C=O) groups is 1. The van der Waals surface area contributed by atoms with Crippen LogP contribution in [-0.4, -0.2) is 27.7 Å². The number of nitro groups is 1. The number of non-ortho nitro benzene ring substituents is 1.